The molecule has 1 unspecified atom stereocenters. The van der Waals surface area contributed by atoms with Crippen LogP contribution in [0.1, 0.15) is 78.2 Å². The van der Waals surface area contributed by atoms with Gasteiger partial charge in [-0.2, -0.15) is 0 Å². The summed E-state index contributed by atoms with van der Waals surface area (Å²) in [6.07, 6.45) is 3.61. The first-order valence-electron chi connectivity index (χ1n) is 12.3. The predicted molar refractivity (Wildman–Crippen MR) is 130 cm³/mol. The monoisotopic (exact) mass is 493 g/mol. The Morgan fingerprint density at radius 2 is 1.49 bits per heavy atom. The number of rotatable bonds is 16. The normalized spacial score (nSPS) is 12.4. The quantitative estimate of drug-likeness (QED) is 0.270. The van der Waals surface area contributed by atoms with Crippen molar-refractivity contribution >= 4 is 23.9 Å². The Labute approximate surface area is 207 Å². The van der Waals surface area contributed by atoms with Gasteiger partial charge in [-0.05, 0) is 43.9 Å². The molecule has 1 aromatic carbocycles. The third kappa shape index (κ3) is 11.8. The lowest BCUT2D eigenvalue weighted by molar-refractivity contribution is -0.148. The van der Waals surface area contributed by atoms with Gasteiger partial charge in [-0.1, -0.05) is 39.7 Å². The van der Waals surface area contributed by atoms with Gasteiger partial charge in [-0.15, -0.1) is 0 Å². The lowest BCUT2D eigenvalue weighted by Crippen LogP contribution is -2.43. The van der Waals surface area contributed by atoms with Crippen LogP contribution in [0.25, 0.3) is 0 Å². The van der Waals surface area contributed by atoms with E-state index in [1.54, 1.807) is 32.0 Å². The van der Waals surface area contributed by atoms with Gasteiger partial charge in [0.25, 0.3) is 0 Å². The molecule has 9 nitrogen and oxygen atoms in total. The van der Waals surface area contributed by atoms with Gasteiger partial charge in [0.1, 0.15) is 12.1 Å². The van der Waals surface area contributed by atoms with E-state index in [0.29, 0.717) is 18.4 Å². The number of hydrogen-bond acceptors (Lipinski definition) is 9. The number of esters is 4. The summed E-state index contributed by atoms with van der Waals surface area (Å²) >= 11 is 0. The summed E-state index contributed by atoms with van der Waals surface area (Å²) in [6.45, 7) is 7.63. The van der Waals surface area contributed by atoms with Gasteiger partial charge in [0.2, 0.25) is 0 Å². The first-order chi connectivity index (χ1) is 16.7. The van der Waals surface area contributed by atoms with Crippen LogP contribution in [0.5, 0.6) is 11.5 Å². The Morgan fingerprint density at radius 3 is 2.03 bits per heavy atom. The van der Waals surface area contributed by atoms with Crippen LogP contribution in [0.4, 0.5) is 0 Å². The van der Waals surface area contributed by atoms with Crippen molar-refractivity contribution in [2.24, 2.45) is 0 Å². The topological polar surface area (TPSA) is 117 Å². The summed E-state index contributed by atoms with van der Waals surface area (Å²) < 4.78 is 21.1. The number of hydrogen-bond donors (Lipinski definition) is 1. The van der Waals surface area contributed by atoms with Crippen LogP contribution in [-0.2, 0) is 35.1 Å². The molecule has 2 atom stereocenters. The number of carbonyl (C=O) groups excluding carboxylic acids is 4. The summed E-state index contributed by atoms with van der Waals surface area (Å²) in [4.78, 5) is 48.3. The molecule has 0 aliphatic carbocycles. The molecule has 1 aromatic rings. The molecule has 0 heterocycles. The molecule has 196 valence electrons. The highest BCUT2D eigenvalue weighted by Gasteiger charge is 2.22. The number of nitrogens with one attached hydrogen (secondary N) is 1. The fourth-order valence-corrected chi connectivity index (χ4v) is 3.11. The third-order valence-corrected chi connectivity index (χ3v) is 5.12. The molecule has 0 aliphatic heterocycles. The van der Waals surface area contributed by atoms with Crippen LogP contribution >= 0.6 is 0 Å². The summed E-state index contributed by atoms with van der Waals surface area (Å²) in [6, 6.07) is 4.11. The first kappa shape index (κ1) is 30.1. The van der Waals surface area contributed by atoms with Crippen LogP contribution < -0.4 is 14.8 Å². The molecular weight excluding hydrogens is 454 g/mol. The van der Waals surface area contributed by atoms with Crippen LogP contribution in [-0.4, -0.2) is 49.7 Å². The molecule has 0 fully saturated rings. The molecule has 0 aliphatic rings. The van der Waals surface area contributed by atoms with E-state index in [9.17, 15) is 19.2 Å². The molecule has 0 saturated heterocycles. The first-order valence-corrected chi connectivity index (χ1v) is 12.3. The van der Waals surface area contributed by atoms with Crippen molar-refractivity contribution in [3.63, 3.8) is 0 Å². The second kappa shape index (κ2) is 16.6. The summed E-state index contributed by atoms with van der Waals surface area (Å²) in [5.74, 6) is -1.37. The highest BCUT2D eigenvalue weighted by Crippen LogP contribution is 2.30. The predicted octanol–water partition coefficient (Wildman–Crippen LogP) is 3.89. The second-order valence-electron chi connectivity index (χ2n) is 8.28. The molecule has 35 heavy (non-hydrogen) atoms. The van der Waals surface area contributed by atoms with Gasteiger partial charge in [-0.3, -0.25) is 19.2 Å². The number of benzene rings is 1. The maximum Gasteiger partial charge on any atom is 0.323 e. The second-order valence-corrected chi connectivity index (χ2v) is 8.28. The molecule has 0 bridgehead atoms. The molecule has 1 N–H and O–H groups in total. The van der Waals surface area contributed by atoms with Crippen molar-refractivity contribution in [1.29, 1.82) is 0 Å². The van der Waals surface area contributed by atoms with Crippen LogP contribution in [0.3, 0.4) is 0 Å². The zero-order valence-electron chi connectivity index (χ0n) is 21.5. The Bertz CT molecular complexity index is 839. The standard InChI is InChI=1S/C26H39NO8/c1-6-9-11-24(29)34-21-14-13-19(16-22(21)35-25(30)12-10-7-2)15-20(26(31)32-5)27-17-18(4)33-23(28)8-3/h13-14,16,18,20,27H,6-12,15,17H2,1-5H3/t18?,20-/m0/s1. The fourth-order valence-electron chi connectivity index (χ4n) is 3.11. The van der Waals surface area contributed by atoms with Crippen molar-refractivity contribution in [3.8, 4) is 11.5 Å². The number of methoxy groups -OCH3 is 1. The minimum Gasteiger partial charge on any atom is -0.468 e. The third-order valence-electron chi connectivity index (χ3n) is 5.12. The maximum absolute atomic E-state index is 12.4. The van der Waals surface area contributed by atoms with E-state index < -0.39 is 30.1 Å². The van der Waals surface area contributed by atoms with Gasteiger partial charge in [0.05, 0.1) is 7.11 Å². The lowest BCUT2D eigenvalue weighted by Gasteiger charge is -2.20. The molecule has 0 radical (unpaired) electrons. The molecule has 9 heteroatoms. The maximum atomic E-state index is 12.4. The van der Waals surface area contributed by atoms with Crippen molar-refractivity contribution in [2.45, 2.75) is 91.2 Å². The SMILES string of the molecule is CCCCC(=O)Oc1ccc(C[C@H](NCC(C)OC(=O)CC)C(=O)OC)cc1OC(=O)CCCC. The zero-order chi connectivity index (χ0) is 26.2. The molecule has 0 aromatic heterocycles. The minimum atomic E-state index is -0.732. The Balaban J connectivity index is 3.04. The van der Waals surface area contributed by atoms with Gasteiger partial charge >= 0.3 is 23.9 Å². The van der Waals surface area contributed by atoms with E-state index >= 15 is 0 Å². The zero-order valence-corrected chi connectivity index (χ0v) is 21.5. The molecule has 1 rings (SSSR count). The van der Waals surface area contributed by atoms with Crippen molar-refractivity contribution < 1.29 is 38.1 Å². The van der Waals surface area contributed by atoms with Gasteiger partial charge in [0, 0.05) is 25.8 Å². The van der Waals surface area contributed by atoms with E-state index in [1.807, 2.05) is 13.8 Å². The van der Waals surface area contributed by atoms with E-state index in [4.69, 9.17) is 18.9 Å². The summed E-state index contributed by atoms with van der Waals surface area (Å²) in [5, 5.41) is 3.06. The smallest absolute Gasteiger partial charge is 0.323 e. The highest BCUT2D eigenvalue weighted by atomic mass is 16.6. The fraction of sp³-hybridized carbons (Fsp3) is 0.615. The highest BCUT2D eigenvalue weighted by molar-refractivity contribution is 5.77. The van der Waals surface area contributed by atoms with Crippen molar-refractivity contribution in [1.82, 2.24) is 5.32 Å². The van der Waals surface area contributed by atoms with Crippen LogP contribution in [0, 0.1) is 0 Å². The average molecular weight is 494 g/mol. The van der Waals surface area contributed by atoms with E-state index in [0.717, 1.165) is 12.8 Å². The summed E-state index contributed by atoms with van der Waals surface area (Å²) in [5.41, 5.74) is 0.665. The van der Waals surface area contributed by atoms with Gasteiger partial charge in [-0.25, -0.2) is 0 Å². The van der Waals surface area contributed by atoms with Crippen LogP contribution in [0.15, 0.2) is 18.2 Å². The molecule has 0 saturated carbocycles. The van der Waals surface area contributed by atoms with Crippen molar-refractivity contribution in [2.75, 3.05) is 13.7 Å². The Hall–Kier alpha value is -2.94. The summed E-state index contributed by atoms with van der Waals surface area (Å²) in [7, 11) is 1.29. The number of unbranched alkanes of at least 4 members (excludes halogenated alkanes) is 2. The Kier molecular flexibility index (Phi) is 14.3. The lowest BCUT2D eigenvalue weighted by atomic mass is 10.0. The van der Waals surface area contributed by atoms with E-state index in [2.05, 4.69) is 5.32 Å². The molecular formula is C26H39NO8. The van der Waals surface area contributed by atoms with Gasteiger partial charge < -0.3 is 24.3 Å². The number of carbonyl (C=O) groups is 4. The minimum absolute atomic E-state index is 0.127. The van der Waals surface area contributed by atoms with E-state index in [1.165, 1.54) is 7.11 Å². The molecule has 0 spiro atoms. The average Bonchev–Trinajstić information content (AvgIpc) is 2.84. The van der Waals surface area contributed by atoms with E-state index in [-0.39, 0.29) is 49.7 Å². The molecule has 0 amide bonds. The Morgan fingerprint density at radius 1 is 0.886 bits per heavy atom. The largest absolute Gasteiger partial charge is 0.468 e. The van der Waals surface area contributed by atoms with Gasteiger partial charge in [0.15, 0.2) is 11.5 Å². The van der Waals surface area contributed by atoms with Crippen molar-refractivity contribution in [3.05, 3.63) is 23.8 Å². The number of ether oxygens (including phenoxy) is 4. The van der Waals surface area contributed by atoms with Crippen LogP contribution in [0.2, 0.25) is 0 Å².